The fraction of sp³-hybridized carbons (Fsp3) is 0.158. The summed E-state index contributed by atoms with van der Waals surface area (Å²) < 4.78 is 1.64. The van der Waals surface area contributed by atoms with Crippen LogP contribution in [0.15, 0.2) is 61.2 Å². The molecule has 2 N–H and O–H groups in total. The van der Waals surface area contributed by atoms with Crippen molar-refractivity contribution >= 4 is 11.8 Å². The van der Waals surface area contributed by atoms with Gasteiger partial charge in [-0.2, -0.15) is 5.10 Å². The Hall–Kier alpha value is -3.48. The molecule has 2 amide bonds. The van der Waals surface area contributed by atoms with Gasteiger partial charge in [-0.15, -0.1) is 0 Å². The van der Waals surface area contributed by atoms with E-state index in [1.807, 2.05) is 30.3 Å². The van der Waals surface area contributed by atoms with Crippen LogP contribution >= 0.6 is 0 Å². The molecule has 132 valence electrons. The monoisotopic (exact) mass is 349 g/mol. The Morgan fingerprint density at radius 3 is 2.58 bits per heavy atom. The minimum Gasteiger partial charge on any atom is -0.352 e. The molecule has 0 saturated carbocycles. The molecule has 0 radical (unpaired) electrons. The first-order valence-electron chi connectivity index (χ1n) is 8.18. The summed E-state index contributed by atoms with van der Waals surface area (Å²) >= 11 is 0. The molecule has 2 aromatic heterocycles. The maximum atomic E-state index is 12.6. The molecule has 0 aliphatic carbocycles. The number of rotatable bonds is 6. The van der Waals surface area contributed by atoms with Crippen LogP contribution in [0.4, 0.5) is 0 Å². The van der Waals surface area contributed by atoms with Crippen LogP contribution in [0.3, 0.4) is 0 Å². The third kappa shape index (κ3) is 4.32. The van der Waals surface area contributed by atoms with Crippen LogP contribution in [-0.2, 0) is 17.9 Å². The molecule has 3 rings (SSSR count). The molecular formula is C19H19N5O2. The van der Waals surface area contributed by atoms with Gasteiger partial charge in [0.25, 0.3) is 5.91 Å². The highest BCUT2D eigenvalue weighted by Gasteiger charge is 2.13. The van der Waals surface area contributed by atoms with E-state index in [0.29, 0.717) is 24.3 Å². The highest BCUT2D eigenvalue weighted by molar-refractivity contribution is 5.97. The molecule has 1 aromatic carbocycles. The predicted molar refractivity (Wildman–Crippen MR) is 96.5 cm³/mol. The van der Waals surface area contributed by atoms with Crippen LogP contribution in [0.5, 0.6) is 0 Å². The zero-order chi connectivity index (χ0) is 18.4. The molecule has 0 saturated heterocycles. The normalized spacial score (nSPS) is 10.3. The summed E-state index contributed by atoms with van der Waals surface area (Å²) in [6.07, 6.45) is 6.87. The van der Waals surface area contributed by atoms with Crippen LogP contribution < -0.4 is 10.6 Å². The number of amides is 2. The first-order chi connectivity index (χ1) is 12.6. The van der Waals surface area contributed by atoms with Crippen molar-refractivity contribution in [3.63, 3.8) is 0 Å². The predicted octanol–water partition coefficient (Wildman–Crippen LogP) is 1.83. The summed E-state index contributed by atoms with van der Waals surface area (Å²) in [7, 11) is 0. The van der Waals surface area contributed by atoms with Gasteiger partial charge in [0.15, 0.2) is 0 Å². The van der Waals surface area contributed by atoms with E-state index in [2.05, 4.69) is 20.7 Å². The van der Waals surface area contributed by atoms with Gasteiger partial charge in [-0.1, -0.05) is 18.2 Å². The number of aromatic nitrogens is 3. The second-order valence-corrected chi connectivity index (χ2v) is 5.76. The lowest BCUT2D eigenvalue weighted by atomic mass is 10.1. The summed E-state index contributed by atoms with van der Waals surface area (Å²) in [6, 6.07) is 11.0. The molecule has 3 aromatic rings. The number of carbonyl (C=O) groups is 2. The lowest BCUT2D eigenvalue weighted by Gasteiger charge is -2.10. The number of hydrogen-bond acceptors (Lipinski definition) is 4. The lowest BCUT2D eigenvalue weighted by Crippen LogP contribution is -2.24. The van der Waals surface area contributed by atoms with Crippen molar-refractivity contribution < 1.29 is 9.59 Å². The third-order valence-electron chi connectivity index (χ3n) is 3.75. The van der Waals surface area contributed by atoms with Crippen molar-refractivity contribution in [2.45, 2.75) is 20.0 Å². The number of nitrogens with zero attached hydrogens (tertiary/aromatic N) is 3. The SMILES string of the molecule is CC(=O)NCc1cnn(-c2ccccc2C(=O)NCc2cccnc2)c1. The van der Waals surface area contributed by atoms with E-state index in [4.69, 9.17) is 0 Å². The van der Waals surface area contributed by atoms with Crippen molar-refractivity contribution in [2.75, 3.05) is 0 Å². The Labute approximate surface area is 151 Å². The van der Waals surface area contributed by atoms with Gasteiger partial charge in [0.05, 0.1) is 17.4 Å². The molecule has 0 spiro atoms. The molecule has 0 bridgehead atoms. The Balaban J connectivity index is 1.75. The average molecular weight is 349 g/mol. The standard InChI is InChI=1S/C19H19N5O2/c1-14(25)21-11-16-12-23-24(13-16)18-7-3-2-6-17(18)19(26)22-10-15-5-4-8-20-9-15/h2-9,12-13H,10-11H2,1H3,(H,21,25)(H,22,26). The van der Waals surface area contributed by atoms with Gasteiger partial charge in [-0.25, -0.2) is 4.68 Å². The quantitative estimate of drug-likeness (QED) is 0.711. The second kappa shape index (κ2) is 8.06. The average Bonchev–Trinajstić information content (AvgIpc) is 3.14. The van der Waals surface area contributed by atoms with Gasteiger partial charge >= 0.3 is 0 Å². The third-order valence-corrected chi connectivity index (χ3v) is 3.75. The fourth-order valence-electron chi connectivity index (χ4n) is 2.46. The molecule has 0 aliphatic heterocycles. The zero-order valence-electron chi connectivity index (χ0n) is 14.3. The van der Waals surface area contributed by atoms with Crippen LogP contribution in [-0.4, -0.2) is 26.6 Å². The van der Waals surface area contributed by atoms with Crippen LogP contribution in [0.25, 0.3) is 5.69 Å². The van der Waals surface area contributed by atoms with Crippen molar-refractivity contribution in [3.8, 4) is 5.69 Å². The molecule has 0 unspecified atom stereocenters. The Kier molecular flexibility index (Phi) is 5.38. The van der Waals surface area contributed by atoms with Crippen molar-refractivity contribution in [3.05, 3.63) is 77.9 Å². The van der Waals surface area contributed by atoms with Crippen molar-refractivity contribution in [1.29, 1.82) is 0 Å². The first-order valence-corrected chi connectivity index (χ1v) is 8.18. The van der Waals surface area contributed by atoms with Gasteiger partial charge in [0, 0.05) is 44.2 Å². The maximum absolute atomic E-state index is 12.6. The summed E-state index contributed by atoms with van der Waals surface area (Å²) in [4.78, 5) is 27.7. The van der Waals surface area contributed by atoms with E-state index >= 15 is 0 Å². The molecule has 0 aliphatic rings. The number of para-hydroxylation sites is 1. The van der Waals surface area contributed by atoms with Crippen molar-refractivity contribution in [1.82, 2.24) is 25.4 Å². The van der Waals surface area contributed by atoms with Gasteiger partial charge in [-0.3, -0.25) is 14.6 Å². The van der Waals surface area contributed by atoms with Gasteiger partial charge in [-0.05, 0) is 23.8 Å². The van der Waals surface area contributed by atoms with E-state index < -0.39 is 0 Å². The molecule has 2 heterocycles. The molecular weight excluding hydrogens is 330 g/mol. The van der Waals surface area contributed by atoms with Crippen LogP contribution in [0, 0.1) is 0 Å². The topological polar surface area (TPSA) is 88.9 Å². The largest absolute Gasteiger partial charge is 0.352 e. The molecule has 0 atom stereocenters. The van der Waals surface area contributed by atoms with Crippen molar-refractivity contribution in [2.24, 2.45) is 0 Å². The summed E-state index contributed by atoms with van der Waals surface area (Å²) in [5.74, 6) is -0.295. The van der Waals surface area contributed by atoms with Gasteiger partial charge in [0.2, 0.25) is 5.91 Å². The van der Waals surface area contributed by atoms with Gasteiger partial charge < -0.3 is 10.6 Å². The smallest absolute Gasteiger partial charge is 0.253 e. The minimum atomic E-state index is -0.191. The Morgan fingerprint density at radius 2 is 1.81 bits per heavy atom. The van der Waals surface area contributed by atoms with E-state index in [9.17, 15) is 9.59 Å². The number of hydrogen-bond donors (Lipinski definition) is 2. The van der Waals surface area contributed by atoms with Gasteiger partial charge in [0.1, 0.15) is 0 Å². The summed E-state index contributed by atoms with van der Waals surface area (Å²) in [5.41, 5.74) is 2.97. The Bertz CT molecular complexity index is 905. The highest BCUT2D eigenvalue weighted by atomic mass is 16.2. The molecule has 26 heavy (non-hydrogen) atoms. The zero-order valence-corrected chi connectivity index (χ0v) is 14.3. The van der Waals surface area contributed by atoms with Crippen LogP contribution in [0.2, 0.25) is 0 Å². The summed E-state index contributed by atoms with van der Waals surface area (Å²) in [6.45, 7) is 2.25. The number of pyridine rings is 1. The molecule has 7 nitrogen and oxygen atoms in total. The minimum absolute atomic E-state index is 0.104. The number of benzene rings is 1. The van der Waals surface area contributed by atoms with Crippen LogP contribution in [0.1, 0.15) is 28.4 Å². The van der Waals surface area contributed by atoms with E-state index in [1.54, 1.807) is 35.5 Å². The summed E-state index contributed by atoms with van der Waals surface area (Å²) in [5, 5.41) is 9.92. The second-order valence-electron chi connectivity index (χ2n) is 5.76. The maximum Gasteiger partial charge on any atom is 0.253 e. The molecule has 7 heteroatoms. The fourth-order valence-corrected chi connectivity index (χ4v) is 2.46. The number of nitrogens with one attached hydrogen (secondary N) is 2. The first kappa shape index (κ1) is 17.3. The van der Waals surface area contributed by atoms with E-state index in [1.165, 1.54) is 6.92 Å². The molecule has 0 fully saturated rings. The van der Waals surface area contributed by atoms with E-state index in [-0.39, 0.29) is 11.8 Å². The number of carbonyl (C=O) groups excluding carboxylic acids is 2. The van der Waals surface area contributed by atoms with E-state index in [0.717, 1.165) is 11.1 Å². The highest BCUT2D eigenvalue weighted by Crippen LogP contribution is 2.15. The Morgan fingerprint density at radius 1 is 1.00 bits per heavy atom. The lowest BCUT2D eigenvalue weighted by molar-refractivity contribution is -0.119.